The topological polar surface area (TPSA) is 81.5 Å². The first-order chi connectivity index (χ1) is 10.6. The summed E-state index contributed by atoms with van der Waals surface area (Å²) in [5.74, 6) is -2.05. The third-order valence-corrected chi connectivity index (χ3v) is 4.45. The molecule has 0 saturated carbocycles. The number of nitro benzene ring substituents is 1. The molecule has 0 bridgehead atoms. The van der Waals surface area contributed by atoms with Crippen LogP contribution in [0.15, 0.2) is 18.2 Å². The van der Waals surface area contributed by atoms with Gasteiger partial charge in [0.2, 0.25) is 0 Å². The van der Waals surface area contributed by atoms with Crippen molar-refractivity contribution < 1.29 is 27.6 Å². The van der Waals surface area contributed by atoms with E-state index >= 15 is 4.39 Å². The standard InChI is InChI=1S/C14H13F3N2O4/c1-12(16)5-13(17)6-23-7-14(13,18-11(12)20)9-4-8(19(21)22)2-3-10(9)15/h2-4H,5-7H2,1H3,(H,18,20)/t12?,13-,14+/m0/s1. The van der Waals surface area contributed by atoms with Crippen LogP contribution in [0.1, 0.15) is 18.9 Å². The lowest BCUT2D eigenvalue weighted by Crippen LogP contribution is -2.69. The molecule has 1 aromatic carbocycles. The van der Waals surface area contributed by atoms with Gasteiger partial charge >= 0.3 is 0 Å². The van der Waals surface area contributed by atoms with Gasteiger partial charge in [-0.05, 0) is 13.0 Å². The third kappa shape index (κ3) is 2.10. The number of hydrogen-bond acceptors (Lipinski definition) is 4. The van der Waals surface area contributed by atoms with Crippen LogP contribution in [0.5, 0.6) is 0 Å². The molecule has 3 rings (SSSR count). The zero-order valence-electron chi connectivity index (χ0n) is 12.1. The first-order valence-corrected chi connectivity index (χ1v) is 6.84. The van der Waals surface area contributed by atoms with Crippen LogP contribution in [0.2, 0.25) is 0 Å². The molecule has 2 aliphatic heterocycles. The molecule has 1 unspecified atom stereocenters. The number of amides is 1. The first kappa shape index (κ1) is 15.7. The highest BCUT2D eigenvalue weighted by atomic mass is 19.2. The number of nitro groups is 1. The normalized spacial score (nSPS) is 36.4. The maximum absolute atomic E-state index is 15.4. The molecule has 2 saturated heterocycles. The molecule has 1 aromatic rings. The zero-order chi connectivity index (χ0) is 17.0. The van der Waals surface area contributed by atoms with Crippen molar-refractivity contribution in [3.63, 3.8) is 0 Å². The number of halogens is 3. The number of rotatable bonds is 2. The van der Waals surface area contributed by atoms with Gasteiger partial charge in [-0.15, -0.1) is 0 Å². The Morgan fingerprint density at radius 2 is 2.04 bits per heavy atom. The molecule has 23 heavy (non-hydrogen) atoms. The fraction of sp³-hybridized carbons (Fsp3) is 0.500. The Hall–Kier alpha value is -2.16. The zero-order valence-corrected chi connectivity index (χ0v) is 12.1. The van der Waals surface area contributed by atoms with Crippen LogP contribution in [0.3, 0.4) is 0 Å². The summed E-state index contributed by atoms with van der Waals surface area (Å²) in [5, 5.41) is 13.1. The average molecular weight is 330 g/mol. The number of nitrogens with one attached hydrogen (secondary N) is 1. The fourth-order valence-electron chi connectivity index (χ4n) is 3.24. The van der Waals surface area contributed by atoms with Crippen LogP contribution in [-0.2, 0) is 15.1 Å². The number of non-ortho nitro benzene ring substituents is 1. The maximum Gasteiger partial charge on any atom is 0.270 e. The molecule has 2 aliphatic rings. The summed E-state index contributed by atoms with van der Waals surface area (Å²) in [4.78, 5) is 22.1. The Morgan fingerprint density at radius 3 is 2.70 bits per heavy atom. The number of hydrogen-bond donors (Lipinski definition) is 1. The van der Waals surface area contributed by atoms with Gasteiger partial charge < -0.3 is 10.1 Å². The van der Waals surface area contributed by atoms with Crippen molar-refractivity contribution in [2.45, 2.75) is 30.2 Å². The summed E-state index contributed by atoms with van der Waals surface area (Å²) in [6.07, 6.45) is -0.825. The third-order valence-electron chi connectivity index (χ3n) is 4.45. The van der Waals surface area contributed by atoms with Crippen molar-refractivity contribution in [1.82, 2.24) is 5.32 Å². The van der Waals surface area contributed by atoms with Gasteiger partial charge in [0.15, 0.2) is 11.3 Å². The smallest absolute Gasteiger partial charge is 0.270 e. The second-order valence-electron chi connectivity index (χ2n) is 6.11. The summed E-state index contributed by atoms with van der Waals surface area (Å²) >= 11 is 0. The molecule has 0 aromatic heterocycles. The fourth-order valence-corrected chi connectivity index (χ4v) is 3.24. The van der Waals surface area contributed by atoms with Crippen molar-refractivity contribution in [2.24, 2.45) is 0 Å². The average Bonchev–Trinajstić information content (AvgIpc) is 2.75. The Morgan fingerprint density at radius 1 is 1.35 bits per heavy atom. The molecule has 124 valence electrons. The highest BCUT2D eigenvalue weighted by molar-refractivity contribution is 5.87. The van der Waals surface area contributed by atoms with Crippen molar-refractivity contribution in [2.75, 3.05) is 13.2 Å². The van der Waals surface area contributed by atoms with Crippen LogP contribution in [-0.4, -0.2) is 35.4 Å². The summed E-state index contributed by atoms with van der Waals surface area (Å²) in [7, 11) is 0. The maximum atomic E-state index is 15.4. The van der Waals surface area contributed by atoms with E-state index in [2.05, 4.69) is 5.32 Å². The predicted octanol–water partition coefficient (Wildman–Crippen LogP) is 1.92. The lowest BCUT2D eigenvalue weighted by atomic mass is 9.69. The van der Waals surface area contributed by atoms with Gasteiger partial charge in [-0.1, -0.05) is 0 Å². The number of ether oxygens (including phenoxy) is 1. The second kappa shape index (κ2) is 4.67. The lowest BCUT2D eigenvalue weighted by Gasteiger charge is -2.46. The number of fused-ring (bicyclic) bond motifs is 1. The molecule has 1 amide bonds. The number of carbonyl (C=O) groups excluding carboxylic acids is 1. The molecule has 0 spiro atoms. The van der Waals surface area contributed by atoms with Gasteiger partial charge in [-0.25, -0.2) is 13.2 Å². The van der Waals surface area contributed by atoms with E-state index < -0.39 is 64.4 Å². The molecule has 6 nitrogen and oxygen atoms in total. The van der Waals surface area contributed by atoms with Crippen molar-refractivity contribution >= 4 is 11.6 Å². The van der Waals surface area contributed by atoms with Gasteiger partial charge in [-0.3, -0.25) is 14.9 Å². The molecule has 0 radical (unpaired) electrons. The predicted molar refractivity (Wildman–Crippen MR) is 71.7 cm³/mol. The Bertz CT molecular complexity index is 711. The van der Waals surface area contributed by atoms with Crippen LogP contribution in [0, 0.1) is 15.9 Å². The molecular formula is C14H13F3N2O4. The van der Waals surface area contributed by atoms with Crippen LogP contribution in [0.25, 0.3) is 0 Å². The molecule has 0 aliphatic carbocycles. The highest BCUT2D eigenvalue weighted by Gasteiger charge is 2.67. The largest absolute Gasteiger partial charge is 0.375 e. The summed E-state index contributed by atoms with van der Waals surface area (Å²) in [6.45, 7) is -0.0615. The second-order valence-corrected chi connectivity index (χ2v) is 6.11. The summed E-state index contributed by atoms with van der Waals surface area (Å²) < 4.78 is 48.9. The summed E-state index contributed by atoms with van der Waals surface area (Å²) in [5.41, 5.74) is -7.78. The van der Waals surface area contributed by atoms with Gasteiger partial charge in [0.1, 0.15) is 11.4 Å². The number of piperidine rings is 1. The molecule has 1 N–H and O–H groups in total. The number of carbonyl (C=O) groups is 1. The minimum Gasteiger partial charge on any atom is -0.375 e. The Balaban J connectivity index is 2.19. The molecular weight excluding hydrogens is 317 g/mol. The minimum absolute atomic E-state index is 0.421. The van der Waals surface area contributed by atoms with E-state index in [0.717, 1.165) is 25.1 Å². The quantitative estimate of drug-likeness (QED) is 0.663. The van der Waals surface area contributed by atoms with E-state index in [9.17, 15) is 23.7 Å². The molecule has 9 heteroatoms. The van der Waals surface area contributed by atoms with E-state index in [1.165, 1.54) is 0 Å². The first-order valence-electron chi connectivity index (χ1n) is 6.84. The Kier molecular flexibility index (Phi) is 3.19. The van der Waals surface area contributed by atoms with Crippen molar-refractivity contribution in [1.29, 1.82) is 0 Å². The molecule has 2 heterocycles. The minimum atomic E-state index is -2.48. The van der Waals surface area contributed by atoms with Gasteiger partial charge in [0, 0.05) is 24.1 Å². The van der Waals surface area contributed by atoms with E-state index in [-0.39, 0.29) is 0 Å². The van der Waals surface area contributed by atoms with Gasteiger partial charge in [-0.2, -0.15) is 0 Å². The van der Waals surface area contributed by atoms with Crippen LogP contribution in [0.4, 0.5) is 18.9 Å². The van der Waals surface area contributed by atoms with E-state index in [4.69, 9.17) is 4.74 Å². The monoisotopic (exact) mass is 330 g/mol. The van der Waals surface area contributed by atoms with E-state index in [1.54, 1.807) is 0 Å². The van der Waals surface area contributed by atoms with Crippen LogP contribution >= 0.6 is 0 Å². The number of benzene rings is 1. The molecule has 3 atom stereocenters. The summed E-state index contributed by atoms with van der Waals surface area (Å²) in [6, 6.07) is 2.59. The van der Waals surface area contributed by atoms with Crippen molar-refractivity contribution in [3.05, 3.63) is 39.7 Å². The van der Waals surface area contributed by atoms with Gasteiger partial charge in [0.25, 0.3) is 11.6 Å². The van der Waals surface area contributed by atoms with Crippen LogP contribution < -0.4 is 5.32 Å². The lowest BCUT2D eigenvalue weighted by molar-refractivity contribution is -0.385. The Labute approximate surface area is 128 Å². The van der Waals surface area contributed by atoms with E-state index in [1.807, 2.05) is 0 Å². The number of alkyl halides is 2. The molecule has 2 fully saturated rings. The number of nitrogens with zero attached hydrogens (tertiary/aromatic N) is 1. The SMILES string of the molecule is CC1(F)C[C@]2(F)COC[C@]2(c2cc([N+](=O)[O-])ccc2F)NC1=O. The van der Waals surface area contributed by atoms with Gasteiger partial charge in [0.05, 0.1) is 18.1 Å². The van der Waals surface area contributed by atoms with E-state index in [0.29, 0.717) is 0 Å². The van der Waals surface area contributed by atoms with Crippen molar-refractivity contribution in [3.8, 4) is 0 Å². The highest BCUT2D eigenvalue weighted by Crippen LogP contribution is 2.51.